The van der Waals surface area contributed by atoms with Crippen molar-refractivity contribution < 1.29 is 18.7 Å². The van der Waals surface area contributed by atoms with E-state index in [2.05, 4.69) is 5.32 Å². The maximum Gasteiger partial charge on any atom is 0.317 e. The summed E-state index contributed by atoms with van der Waals surface area (Å²) in [6, 6.07) is 13.5. The Bertz CT molecular complexity index is 935. The quantitative estimate of drug-likeness (QED) is 0.862. The van der Waals surface area contributed by atoms with Crippen LogP contribution in [0.25, 0.3) is 0 Å². The first-order valence-corrected chi connectivity index (χ1v) is 9.70. The maximum absolute atomic E-state index is 13.3. The lowest BCUT2D eigenvalue weighted by molar-refractivity contribution is -0.117. The van der Waals surface area contributed by atoms with Gasteiger partial charge < -0.3 is 19.9 Å². The molecule has 0 unspecified atom stereocenters. The highest BCUT2D eigenvalue weighted by Crippen LogP contribution is 2.42. The van der Waals surface area contributed by atoms with Crippen LogP contribution in [0.2, 0.25) is 0 Å². The van der Waals surface area contributed by atoms with Crippen molar-refractivity contribution in [3.8, 4) is 5.75 Å². The molecule has 1 N–H and O–H groups in total. The van der Waals surface area contributed by atoms with Crippen molar-refractivity contribution in [3.63, 3.8) is 0 Å². The van der Waals surface area contributed by atoms with E-state index < -0.39 is 0 Å². The van der Waals surface area contributed by atoms with Crippen molar-refractivity contribution >= 4 is 17.6 Å². The summed E-state index contributed by atoms with van der Waals surface area (Å²) in [6.45, 7) is 2.00. The number of nitrogens with one attached hydrogen (secondary N) is 1. The molecule has 2 fully saturated rings. The summed E-state index contributed by atoms with van der Waals surface area (Å²) < 4.78 is 18.5. The first-order chi connectivity index (χ1) is 14.0. The van der Waals surface area contributed by atoms with E-state index in [4.69, 9.17) is 4.74 Å². The molecule has 4 rings (SSSR count). The zero-order valence-corrected chi connectivity index (χ0v) is 16.4. The SMILES string of the molecule is COc1cccc(N2C[C@@]3(CCN(C(=O)NCc4cccc(F)c4)C3)CC2=O)c1. The Labute approximate surface area is 169 Å². The van der Waals surface area contributed by atoms with E-state index in [-0.39, 0.29) is 29.7 Å². The molecule has 29 heavy (non-hydrogen) atoms. The van der Waals surface area contributed by atoms with Crippen LogP contribution in [-0.4, -0.2) is 43.6 Å². The van der Waals surface area contributed by atoms with Gasteiger partial charge in [-0.05, 0) is 36.2 Å². The summed E-state index contributed by atoms with van der Waals surface area (Å²) in [5.41, 5.74) is 1.31. The number of ether oxygens (including phenoxy) is 1. The van der Waals surface area contributed by atoms with Crippen LogP contribution in [0, 0.1) is 11.2 Å². The molecule has 0 aliphatic carbocycles. The fraction of sp³-hybridized carbons (Fsp3) is 0.364. The average Bonchev–Trinajstić information content (AvgIpc) is 3.29. The van der Waals surface area contributed by atoms with Gasteiger partial charge in [0.15, 0.2) is 0 Å². The number of hydrogen-bond donors (Lipinski definition) is 1. The summed E-state index contributed by atoms with van der Waals surface area (Å²) in [5.74, 6) is 0.459. The maximum atomic E-state index is 13.3. The van der Waals surface area contributed by atoms with Crippen LogP contribution in [0.5, 0.6) is 5.75 Å². The molecule has 3 amide bonds. The number of methoxy groups -OCH3 is 1. The van der Waals surface area contributed by atoms with E-state index in [1.54, 1.807) is 29.0 Å². The molecule has 0 bridgehead atoms. The Kier molecular flexibility index (Phi) is 5.13. The number of likely N-dealkylation sites (tertiary alicyclic amines) is 1. The van der Waals surface area contributed by atoms with E-state index in [0.717, 1.165) is 12.1 Å². The van der Waals surface area contributed by atoms with Gasteiger partial charge in [-0.15, -0.1) is 0 Å². The molecule has 6 nitrogen and oxygen atoms in total. The topological polar surface area (TPSA) is 61.9 Å². The minimum absolute atomic E-state index is 0.0697. The van der Waals surface area contributed by atoms with Crippen LogP contribution < -0.4 is 15.0 Å². The van der Waals surface area contributed by atoms with Crippen LogP contribution in [0.15, 0.2) is 48.5 Å². The minimum Gasteiger partial charge on any atom is -0.497 e. The first-order valence-electron chi connectivity index (χ1n) is 9.70. The van der Waals surface area contributed by atoms with Crippen LogP contribution in [-0.2, 0) is 11.3 Å². The normalized spacial score (nSPS) is 21.1. The number of benzene rings is 2. The van der Waals surface area contributed by atoms with Crippen molar-refractivity contribution in [2.45, 2.75) is 19.4 Å². The molecular formula is C22H24FN3O3. The molecule has 2 aliphatic rings. The molecule has 2 saturated heterocycles. The van der Waals surface area contributed by atoms with Crippen LogP contribution >= 0.6 is 0 Å². The van der Waals surface area contributed by atoms with Crippen molar-refractivity contribution in [3.05, 3.63) is 59.9 Å². The molecule has 0 aromatic heterocycles. The van der Waals surface area contributed by atoms with Gasteiger partial charge >= 0.3 is 6.03 Å². The second-order valence-electron chi connectivity index (χ2n) is 7.82. The van der Waals surface area contributed by atoms with Gasteiger partial charge in [-0.25, -0.2) is 9.18 Å². The Morgan fingerprint density at radius 2 is 2.03 bits per heavy atom. The van der Waals surface area contributed by atoms with E-state index in [9.17, 15) is 14.0 Å². The van der Waals surface area contributed by atoms with Gasteiger partial charge in [-0.3, -0.25) is 4.79 Å². The predicted octanol–water partition coefficient (Wildman–Crippen LogP) is 3.17. The summed E-state index contributed by atoms with van der Waals surface area (Å²) in [7, 11) is 1.60. The van der Waals surface area contributed by atoms with E-state index in [1.165, 1.54) is 12.1 Å². The lowest BCUT2D eigenvalue weighted by Crippen LogP contribution is -2.40. The third kappa shape index (κ3) is 4.04. The van der Waals surface area contributed by atoms with Crippen molar-refractivity contribution in [2.24, 2.45) is 5.41 Å². The summed E-state index contributed by atoms with van der Waals surface area (Å²) in [5, 5.41) is 2.85. The van der Waals surface area contributed by atoms with Crippen molar-refractivity contribution in [2.75, 3.05) is 31.6 Å². The Morgan fingerprint density at radius 1 is 1.21 bits per heavy atom. The van der Waals surface area contributed by atoms with Crippen LogP contribution in [0.3, 0.4) is 0 Å². The molecule has 2 aromatic carbocycles. The molecule has 0 saturated carbocycles. The third-order valence-corrected chi connectivity index (χ3v) is 5.74. The van der Waals surface area contributed by atoms with E-state index in [0.29, 0.717) is 37.4 Å². The number of anilines is 1. The van der Waals surface area contributed by atoms with Crippen molar-refractivity contribution in [1.29, 1.82) is 0 Å². The number of hydrogen-bond acceptors (Lipinski definition) is 3. The smallest absolute Gasteiger partial charge is 0.317 e. The van der Waals surface area contributed by atoms with Gasteiger partial charge in [0.25, 0.3) is 0 Å². The Morgan fingerprint density at radius 3 is 2.83 bits per heavy atom. The van der Waals surface area contributed by atoms with E-state index >= 15 is 0 Å². The fourth-order valence-corrected chi connectivity index (χ4v) is 4.23. The zero-order valence-electron chi connectivity index (χ0n) is 16.4. The van der Waals surface area contributed by atoms with E-state index in [1.807, 2.05) is 24.3 Å². The molecular weight excluding hydrogens is 373 g/mol. The molecule has 1 atom stereocenters. The molecule has 7 heteroatoms. The number of nitrogens with zero attached hydrogens (tertiary/aromatic N) is 2. The van der Waals surface area contributed by atoms with Gasteiger partial charge in [0.2, 0.25) is 5.91 Å². The molecule has 152 valence electrons. The summed E-state index contributed by atoms with van der Waals surface area (Å²) in [4.78, 5) is 28.8. The summed E-state index contributed by atoms with van der Waals surface area (Å²) >= 11 is 0. The van der Waals surface area contributed by atoms with Crippen LogP contribution in [0.1, 0.15) is 18.4 Å². The summed E-state index contributed by atoms with van der Waals surface area (Å²) in [6.07, 6.45) is 1.21. The molecule has 2 heterocycles. The Balaban J connectivity index is 1.38. The minimum atomic E-state index is -0.320. The molecule has 1 spiro atoms. The number of carbonyl (C=O) groups excluding carboxylic acids is 2. The van der Waals surface area contributed by atoms with Gasteiger partial charge in [0.1, 0.15) is 11.6 Å². The predicted molar refractivity (Wildman–Crippen MR) is 107 cm³/mol. The lowest BCUT2D eigenvalue weighted by atomic mass is 9.86. The zero-order chi connectivity index (χ0) is 20.4. The first kappa shape index (κ1) is 19.2. The standard InChI is InChI=1S/C22H24FN3O3/c1-29-19-7-3-6-18(11-19)26-15-22(12-20(26)27)8-9-25(14-22)21(28)24-13-16-4-2-5-17(23)10-16/h2-7,10-11H,8-9,12-15H2,1H3,(H,24,28)/t22-/m0/s1. The lowest BCUT2D eigenvalue weighted by Gasteiger charge is -2.24. The number of rotatable bonds is 4. The van der Waals surface area contributed by atoms with Gasteiger partial charge in [0, 0.05) is 49.8 Å². The highest BCUT2D eigenvalue weighted by atomic mass is 19.1. The van der Waals surface area contributed by atoms with Crippen LogP contribution in [0.4, 0.5) is 14.9 Å². The Hall–Kier alpha value is -3.09. The van der Waals surface area contributed by atoms with Crippen molar-refractivity contribution in [1.82, 2.24) is 10.2 Å². The second-order valence-corrected chi connectivity index (χ2v) is 7.82. The number of carbonyl (C=O) groups is 2. The number of urea groups is 1. The van der Waals surface area contributed by atoms with Gasteiger partial charge in [0.05, 0.1) is 7.11 Å². The molecule has 0 radical (unpaired) electrons. The largest absolute Gasteiger partial charge is 0.497 e. The number of amides is 3. The monoisotopic (exact) mass is 397 g/mol. The third-order valence-electron chi connectivity index (χ3n) is 5.74. The van der Waals surface area contributed by atoms with Gasteiger partial charge in [-0.2, -0.15) is 0 Å². The molecule has 2 aliphatic heterocycles. The molecule has 2 aromatic rings. The highest BCUT2D eigenvalue weighted by molar-refractivity contribution is 5.96. The average molecular weight is 397 g/mol. The highest BCUT2D eigenvalue weighted by Gasteiger charge is 2.48. The fourth-order valence-electron chi connectivity index (χ4n) is 4.23. The second kappa shape index (κ2) is 7.73. The van der Waals surface area contributed by atoms with Gasteiger partial charge in [-0.1, -0.05) is 18.2 Å². The number of halogens is 1.